The minimum Gasteiger partial charge on any atom is -0.250 e. The van der Waals surface area contributed by atoms with E-state index in [4.69, 9.17) is 0 Å². The molecule has 0 aromatic rings. The Labute approximate surface area is 82.6 Å². The molecule has 0 aromatic carbocycles. The predicted octanol–water partition coefficient (Wildman–Crippen LogP) is 2.85. The first-order chi connectivity index (χ1) is 5.80. The van der Waals surface area contributed by atoms with E-state index in [2.05, 4.69) is 20.5 Å². The molecule has 4 aliphatic rings. The highest BCUT2D eigenvalue weighted by Gasteiger charge is 2.50. The number of hydrogen-bond acceptors (Lipinski definition) is 1. The fourth-order valence-electron chi connectivity index (χ4n) is 4.23. The minimum atomic E-state index is 0.509. The van der Waals surface area contributed by atoms with E-state index in [1.54, 1.807) is 0 Å². The summed E-state index contributed by atoms with van der Waals surface area (Å²) in [6, 6.07) is 0. The van der Waals surface area contributed by atoms with Gasteiger partial charge in [-0.05, 0) is 56.3 Å². The van der Waals surface area contributed by atoms with Gasteiger partial charge in [0.25, 0.3) is 0 Å². The van der Waals surface area contributed by atoms with Crippen molar-refractivity contribution in [1.82, 2.24) is 4.34 Å². The van der Waals surface area contributed by atoms with Crippen LogP contribution in [0.3, 0.4) is 0 Å². The maximum atomic E-state index is 3.49. The van der Waals surface area contributed by atoms with Crippen molar-refractivity contribution in [3.05, 3.63) is 0 Å². The molecule has 4 bridgehead atoms. The number of rotatable bonds is 1. The van der Waals surface area contributed by atoms with Crippen LogP contribution in [0.5, 0.6) is 0 Å². The lowest BCUT2D eigenvalue weighted by molar-refractivity contribution is -0.00585. The van der Waals surface area contributed by atoms with Crippen LogP contribution in [-0.4, -0.2) is 5.54 Å². The first-order valence-corrected chi connectivity index (χ1v) is 5.97. The summed E-state index contributed by atoms with van der Waals surface area (Å²) in [6.45, 7) is 0. The molecular formula is C10H16BrN. The van der Waals surface area contributed by atoms with Crippen LogP contribution in [0, 0.1) is 17.8 Å². The molecule has 1 nitrogen and oxygen atoms in total. The standard InChI is InChI=1S/C10H16BrN/c11-12-10-4-7-1-8(5-10)3-9(2-7)6-10/h7-9,12H,1-6H2. The van der Waals surface area contributed by atoms with Crippen LogP contribution in [0.15, 0.2) is 0 Å². The Morgan fingerprint density at radius 2 is 1.33 bits per heavy atom. The van der Waals surface area contributed by atoms with Gasteiger partial charge in [0.05, 0.1) is 0 Å². The Morgan fingerprint density at radius 1 is 0.917 bits per heavy atom. The highest BCUT2D eigenvalue weighted by molar-refractivity contribution is 9.08. The second-order valence-electron chi connectivity index (χ2n) is 5.29. The predicted molar refractivity (Wildman–Crippen MR) is 53.0 cm³/mol. The maximum absolute atomic E-state index is 3.49. The fourth-order valence-corrected chi connectivity index (χ4v) is 4.71. The molecule has 4 aliphatic carbocycles. The van der Waals surface area contributed by atoms with Gasteiger partial charge in [0, 0.05) is 21.7 Å². The third kappa shape index (κ3) is 1.00. The fraction of sp³-hybridized carbons (Fsp3) is 1.00. The van der Waals surface area contributed by atoms with Gasteiger partial charge in [-0.15, -0.1) is 0 Å². The van der Waals surface area contributed by atoms with Crippen molar-refractivity contribution in [1.29, 1.82) is 0 Å². The molecule has 0 aliphatic heterocycles. The van der Waals surface area contributed by atoms with Gasteiger partial charge in [-0.1, -0.05) is 0 Å². The van der Waals surface area contributed by atoms with E-state index in [1.165, 1.54) is 38.5 Å². The van der Waals surface area contributed by atoms with Gasteiger partial charge in [-0.2, -0.15) is 0 Å². The van der Waals surface area contributed by atoms with Crippen molar-refractivity contribution in [3.8, 4) is 0 Å². The SMILES string of the molecule is BrNC12CC3CC(CC(C3)C1)C2. The van der Waals surface area contributed by atoms with Gasteiger partial charge in [-0.3, -0.25) is 0 Å². The van der Waals surface area contributed by atoms with Crippen LogP contribution in [0.4, 0.5) is 0 Å². The summed E-state index contributed by atoms with van der Waals surface area (Å²) in [5.41, 5.74) is 0.509. The molecule has 0 radical (unpaired) electrons. The normalized spacial score (nSPS) is 56.2. The molecule has 0 saturated heterocycles. The third-order valence-electron chi connectivity index (χ3n) is 4.24. The minimum absolute atomic E-state index is 0.509. The Kier molecular flexibility index (Phi) is 1.61. The second-order valence-corrected chi connectivity index (χ2v) is 5.69. The molecule has 4 saturated carbocycles. The Balaban J connectivity index is 1.90. The van der Waals surface area contributed by atoms with E-state index in [0.717, 1.165) is 17.8 Å². The van der Waals surface area contributed by atoms with Gasteiger partial charge in [0.1, 0.15) is 0 Å². The van der Waals surface area contributed by atoms with Crippen LogP contribution in [-0.2, 0) is 0 Å². The Morgan fingerprint density at radius 3 is 1.67 bits per heavy atom. The average Bonchev–Trinajstić information content (AvgIpc) is 2.02. The zero-order valence-electron chi connectivity index (χ0n) is 7.35. The number of halogens is 1. The molecule has 12 heavy (non-hydrogen) atoms. The van der Waals surface area contributed by atoms with Crippen LogP contribution >= 0.6 is 16.1 Å². The summed E-state index contributed by atoms with van der Waals surface area (Å²) in [6.07, 6.45) is 8.91. The zero-order valence-corrected chi connectivity index (χ0v) is 8.94. The smallest absolute Gasteiger partial charge is 0.0293 e. The molecule has 0 heterocycles. The summed E-state index contributed by atoms with van der Waals surface area (Å²) < 4.78 is 3.42. The quantitative estimate of drug-likeness (QED) is 0.683. The Bertz CT molecular complexity index is 167. The molecule has 4 fully saturated rings. The third-order valence-corrected chi connectivity index (χ3v) is 5.08. The summed E-state index contributed by atoms with van der Waals surface area (Å²) >= 11 is 3.49. The molecule has 0 atom stereocenters. The van der Waals surface area contributed by atoms with Crippen molar-refractivity contribution in [2.24, 2.45) is 17.8 Å². The number of nitrogens with one attached hydrogen (secondary N) is 1. The van der Waals surface area contributed by atoms with Crippen LogP contribution in [0.1, 0.15) is 38.5 Å². The molecule has 2 heteroatoms. The van der Waals surface area contributed by atoms with E-state index in [-0.39, 0.29) is 0 Å². The second kappa shape index (κ2) is 2.48. The largest absolute Gasteiger partial charge is 0.250 e. The summed E-state index contributed by atoms with van der Waals surface area (Å²) in [5.74, 6) is 3.17. The highest BCUT2D eigenvalue weighted by Crippen LogP contribution is 2.55. The molecule has 0 aromatic heterocycles. The lowest BCUT2D eigenvalue weighted by atomic mass is 9.53. The van der Waals surface area contributed by atoms with Crippen molar-refractivity contribution in [2.75, 3.05) is 0 Å². The molecular weight excluding hydrogens is 214 g/mol. The van der Waals surface area contributed by atoms with Gasteiger partial charge in [-0.25, -0.2) is 4.34 Å². The maximum Gasteiger partial charge on any atom is 0.0293 e. The molecule has 0 amide bonds. The molecule has 68 valence electrons. The van der Waals surface area contributed by atoms with E-state index < -0.39 is 0 Å². The average molecular weight is 230 g/mol. The van der Waals surface area contributed by atoms with Crippen molar-refractivity contribution < 1.29 is 0 Å². The van der Waals surface area contributed by atoms with Crippen LogP contribution in [0.25, 0.3) is 0 Å². The van der Waals surface area contributed by atoms with Crippen molar-refractivity contribution in [2.45, 2.75) is 44.1 Å². The van der Waals surface area contributed by atoms with Gasteiger partial charge < -0.3 is 0 Å². The summed E-state index contributed by atoms with van der Waals surface area (Å²) in [5, 5.41) is 0. The van der Waals surface area contributed by atoms with E-state index in [9.17, 15) is 0 Å². The van der Waals surface area contributed by atoms with Gasteiger partial charge >= 0.3 is 0 Å². The highest BCUT2D eigenvalue weighted by atomic mass is 79.9. The zero-order chi connectivity index (χ0) is 8.18. The molecule has 1 N–H and O–H groups in total. The van der Waals surface area contributed by atoms with Gasteiger partial charge in [0.15, 0.2) is 0 Å². The molecule has 0 unspecified atom stereocenters. The topological polar surface area (TPSA) is 12.0 Å². The lowest BCUT2D eigenvalue weighted by Gasteiger charge is -2.56. The van der Waals surface area contributed by atoms with Gasteiger partial charge in [0.2, 0.25) is 0 Å². The molecule has 4 rings (SSSR count). The van der Waals surface area contributed by atoms with Crippen molar-refractivity contribution in [3.63, 3.8) is 0 Å². The Hall–Kier alpha value is 0.440. The van der Waals surface area contributed by atoms with E-state index in [1.807, 2.05) is 0 Å². The first kappa shape index (κ1) is 7.81. The summed E-state index contributed by atoms with van der Waals surface area (Å²) in [4.78, 5) is 0. The summed E-state index contributed by atoms with van der Waals surface area (Å²) in [7, 11) is 0. The first-order valence-electron chi connectivity index (χ1n) is 5.17. The van der Waals surface area contributed by atoms with E-state index in [0.29, 0.717) is 5.54 Å². The lowest BCUT2D eigenvalue weighted by Crippen LogP contribution is -2.55. The van der Waals surface area contributed by atoms with Crippen molar-refractivity contribution >= 4 is 16.1 Å². The number of hydrogen-bond donors (Lipinski definition) is 1. The van der Waals surface area contributed by atoms with E-state index >= 15 is 0 Å². The molecule has 0 spiro atoms. The van der Waals surface area contributed by atoms with Crippen LogP contribution in [0.2, 0.25) is 0 Å². The van der Waals surface area contributed by atoms with Crippen LogP contribution < -0.4 is 4.34 Å². The monoisotopic (exact) mass is 229 g/mol.